The molecule has 204 valence electrons. The van der Waals surface area contributed by atoms with Gasteiger partial charge in [0, 0.05) is 24.2 Å². The summed E-state index contributed by atoms with van der Waals surface area (Å²) in [5, 5.41) is 13.6. The molecule has 0 radical (unpaired) electrons. The fourth-order valence-electron chi connectivity index (χ4n) is 4.89. The maximum atomic E-state index is 14.7. The van der Waals surface area contributed by atoms with Crippen molar-refractivity contribution in [3.63, 3.8) is 0 Å². The Morgan fingerprint density at radius 3 is 2.87 bits per heavy atom. The molecule has 9 nitrogen and oxygen atoms in total. The number of anilines is 2. The Hall–Kier alpha value is -3.78. The summed E-state index contributed by atoms with van der Waals surface area (Å²) < 4.78 is 62.1. The largest absolute Gasteiger partial charge is 0.406 e. The van der Waals surface area contributed by atoms with E-state index in [1.165, 1.54) is 17.7 Å². The van der Waals surface area contributed by atoms with Crippen LogP contribution >= 0.6 is 11.3 Å². The number of alkyl halides is 4. The van der Waals surface area contributed by atoms with Crippen LogP contribution in [0.25, 0.3) is 32.6 Å². The van der Waals surface area contributed by atoms with E-state index in [2.05, 4.69) is 30.7 Å². The van der Waals surface area contributed by atoms with Gasteiger partial charge in [-0.1, -0.05) is 11.2 Å². The number of hydrogen-bond donors (Lipinski definition) is 2. The summed E-state index contributed by atoms with van der Waals surface area (Å²) in [6.07, 6.45) is -3.57. The highest BCUT2D eigenvalue weighted by molar-refractivity contribution is 7.16. The van der Waals surface area contributed by atoms with Crippen LogP contribution in [0.3, 0.4) is 0 Å². The normalized spacial score (nSPS) is 18.7. The van der Waals surface area contributed by atoms with Gasteiger partial charge in [-0.05, 0) is 43.1 Å². The van der Waals surface area contributed by atoms with Crippen LogP contribution in [0.15, 0.2) is 46.6 Å². The zero-order valence-electron chi connectivity index (χ0n) is 20.7. The number of likely N-dealkylation sites (tertiary alicyclic amines) is 1. The summed E-state index contributed by atoms with van der Waals surface area (Å²) in [4.78, 5) is 15.5. The van der Waals surface area contributed by atoms with Crippen molar-refractivity contribution in [2.75, 3.05) is 30.8 Å². The van der Waals surface area contributed by atoms with Crippen molar-refractivity contribution < 1.29 is 22.1 Å². The van der Waals surface area contributed by atoms with E-state index in [0.717, 1.165) is 21.3 Å². The van der Waals surface area contributed by atoms with Crippen molar-refractivity contribution in [3.05, 3.63) is 47.9 Å². The van der Waals surface area contributed by atoms with Gasteiger partial charge in [0.15, 0.2) is 0 Å². The lowest BCUT2D eigenvalue weighted by Gasteiger charge is -2.33. The van der Waals surface area contributed by atoms with Crippen LogP contribution in [0.4, 0.5) is 29.1 Å². The Morgan fingerprint density at radius 2 is 2.05 bits per heavy atom. The van der Waals surface area contributed by atoms with Crippen LogP contribution in [-0.4, -0.2) is 68.1 Å². The lowest BCUT2D eigenvalue weighted by atomic mass is 10.0. The van der Waals surface area contributed by atoms with Crippen molar-refractivity contribution in [1.29, 1.82) is 0 Å². The van der Waals surface area contributed by atoms with Gasteiger partial charge in [-0.3, -0.25) is 0 Å². The predicted molar refractivity (Wildman–Crippen MR) is 140 cm³/mol. The number of aromatic nitrogens is 5. The molecule has 0 bridgehead atoms. The minimum atomic E-state index is -4.49. The molecule has 0 unspecified atom stereocenters. The number of hydrogen-bond acceptors (Lipinski definition) is 9. The molecule has 1 saturated heterocycles. The summed E-state index contributed by atoms with van der Waals surface area (Å²) >= 11 is 1.48. The Bertz CT molecular complexity index is 1610. The fourth-order valence-corrected chi connectivity index (χ4v) is 5.62. The average Bonchev–Trinajstić information content (AvgIpc) is 3.63. The number of halogens is 4. The van der Waals surface area contributed by atoms with Gasteiger partial charge in [-0.2, -0.15) is 18.2 Å². The van der Waals surface area contributed by atoms with E-state index < -0.39 is 24.9 Å². The molecule has 0 aliphatic carbocycles. The first-order valence-electron chi connectivity index (χ1n) is 12.3. The van der Waals surface area contributed by atoms with Gasteiger partial charge < -0.3 is 24.6 Å². The van der Waals surface area contributed by atoms with E-state index in [-0.39, 0.29) is 24.0 Å². The maximum absolute atomic E-state index is 14.7. The third-order valence-electron chi connectivity index (χ3n) is 6.73. The highest BCUT2D eigenvalue weighted by Gasteiger charge is 2.32. The predicted octanol–water partition coefficient (Wildman–Crippen LogP) is 5.32. The van der Waals surface area contributed by atoms with Crippen LogP contribution in [0, 0.1) is 0 Å². The van der Waals surface area contributed by atoms with Crippen molar-refractivity contribution in [2.45, 2.75) is 37.9 Å². The summed E-state index contributed by atoms with van der Waals surface area (Å²) in [6.45, 7) is -0.106. The minimum Gasteiger partial charge on any atom is -0.379 e. The second-order valence-corrected chi connectivity index (χ2v) is 10.4. The third-order valence-corrected chi connectivity index (χ3v) is 7.56. The zero-order valence-corrected chi connectivity index (χ0v) is 21.6. The molecule has 39 heavy (non-hydrogen) atoms. The highest BCUT2D eigenvalue weighted by Crippen LogP contribution is 2.35. The van der Waals surface area contributed by atoms with Gasteiger partial charge in [-0.25, -0.2) is 14.4 Å². The molecule has 0 saturated carbocycles. The Labute approximate surface area is 223 Å². The number of piperidine rings is 1. The molecule has 14 heteroatoms. The smallest absolute Gasteiger partial charge is 0.379 e. The van der Waals surface area contributed by atoms with Crippen LogP contribution in [-0.2, 0) is 13.1 Å². The number of benzene rings is 1. The molecule has 1 aliphatic heterocycles. The summed E-state index contributed by atoms with van der Waals surface area (Å²) in [5.41, 5.74) is 1.04. The summed E-state index contributed by atoms with van der Waals surface area (Å²) in [7, 11) is 1.86. The molecular weight excluding hydrogens is 536 g/mol. The van der Waals surface area contributed by atoms with Crippen molar-refractivity contribution in [2.24, 2.45) is 0 Å². The molecule has 4 aromatic heterocycles. The monoisotopic (exact) mass is 560 g/mol. The van der Waals surface area contributed by atoms with Crippen LogP contribution in [0.1, 0.15) is 12.3 Å². The minimum absolute atomic E-state index is 0.0178. The molecule has 1 aliphatic rings. The molecular formula is C25H24F4N8OS. The van der Waals surface area contributed by atoms with Gasteiger partial charge in [0.05, 0.1) is 29.2 Å². The molecule has 1 aromatic carbocycles. The van der Waals surface area contributed by atoms with E-state index in [0.29, 0.717) is 35.4 Å². The first-order valence-corrected chi connectivity index (χ1v) is 13.2. The fraction of sp³-hybridized carbons (Fsp3) is 0.360. The van der Waals surface area contributed by atoms with Crippen LogP contribution in [0.2, 0.25) is 0 Å². The lowest BCUT2D eigenvalue weighted by molar-refractivity contribution is -0.139. The van der Waals surface area contributed by atoms with E-state index in [9.17, 15) is 17.6 Å². The summed E-state index contributed by atoms with van der Waals surface area (Å²) in [6, 6.07) is 8.03. The van der Waals surface area contributed by atoms with Gasteiger partial charge >= 0.3 is 6.18 Å². The molecule has 0 spiro atoms. The Morgan fingerprint density at radius 1 is 1.18 bits per heavy atom. The molecule has 2 N–H and O–H groups in total. The Kier molecular flexibility index (Phi) is 6.59. The molecule has 0 amide bonds. The van der Waals surface area contributed by atoms with Gasteiger partial charge in [0.2, 0.25) is 11.7 Å². The topological polar surface area (TPSA) is 96.9 Å². The van der Waals surface area contributed by atoms with Crippen molar-refractivity contribution in [3.8, 4) is 11.5 Å². The van der Waals surface area contributed by atoms with Crippen molar-refractivity contribution in [1.82, 2.24) is 29.6 Å². The Balaban J connectivity index is 1.31. The first kappa shape index (κ1) is 25.5. The van der Waals surface area contributed by atoms with E-state index in [1.807, 2.05) is 23.4 Å². The third kappa shape index (κ3) is 5.26. The first-order chi connectivity index (χ1) is 18.7. The molecule has 6 rings (SSSR count). The number of nitrogens with zero attached hydrogens (tertiary/aromatic N) is 6. The standard InChI is InChI=1S/C25H24F4N8OS/c1-36-7-5-18(16(26)11-36)33-17-3-2-4-19-15(17)9-20(37(19)12-25(27,28)29)23-34-21(38-35-23)10-30-22-14-6-8-39-24(14)32-13-31-22/h2-4,6,8-9,13,16,18,33H,5,7,10-12H2,1H3,(H,30,31,32)/t16-,18+/m0/s1. The van der Waals surface area contributed by atoms with E-state index >= 15 is 0 Å². The molecule has 1 fully saturated rings. The van der Waals surface area contributed by atoms with Gasteiger partial charge in [0.25, 0.3) is 0 Å². The second-order valence-electron chi connectivity index (χ2n) is 9.51. The average molecular weight is 561 g/mol. The lowest BCUT2D eigenvalue weighted by Crippen LogP contribution is -2.46. The quantitative estimate of drug-likeness (QED) is 0.258. The van der Waals surface area contributed by atoms with Crippen molar-refractivity contribution >= 4 is 44.0 Å². The van der Waals surface area contributed by atoms with Crippen LogP contribution < -0.4 is 10.6 Å². The molecule has 5 heterocycles. The number of fused-ring (bicyclic) bond motifs is 2. The number of rotatable bonds is 7. The van der Waals surface area contributed by atoms with Gasteiger partial charge in [-0.15, -0.1) is 11.3 Å². The summed E-state index contributed by atoms with van der Waals surface area (Å²) in [5.74, 6) is 0.785. The molecule has 5 aromatic rings. The highest BCUT2D eigenvalue weighted by atomic mass is 32.1. The molecule has 2 atom stereocenters. The maximum Gasteiger partial charge on any atom is 0.406 e. The van der Waals surface area contributed by atoms with Gasteiger partial charge in [0.1, 0.15) is 29.7 Å². The van der Waals surface area contributed by atoms with Crippen LogP contribution in [0.5, 0.6) is 0 Å². The number of nitrogens with one attached hydrogen (secondary N) is 2. The van der Waals surface area contributed by atoms with E-state index in [4.69, 9.17) is 4.52 Å². The zero-order chi connectivity index (χ0) is 27.1. The van der Waals surface area contributed by atoms with E-state index in [1.54, 1.807) is 24.3 Å². The number of thiophene rings is 1. The second kappa shape index (κ2) is 10.1. The SMILES string of the molecule is CN1CC[C@@H](Nc2cccc3c2cc(-c2noc(CNc4ncnc5sccc45)n2)n3CC(F)(F)F)[C@@H](F)C1.